The van der Waals surface area contributed by atoms with Crippen molar-refractivity contribution in [1.82, 2.24) is 15.1 Å². The third kappa shape index (κ3) is 3.67. The highest BCUT2D eigenvalue weighted by Gasteiger charge is 2.27. The molecular formula is C17H21N3O3S. The van der Waals surface area contributed by atoms with Crippen LogP contribution in [0.2, 0.25) is 0 Å². The Hall–Kier alpha value is -2.15. The fourth-order valence-electron chi connectivity index (χ4n) is 3.02. The molecule has 0 unspecified atom stereocenters. The van der Waals surface area contributed by atoms with E-state index >= 15 is 0 Å². The molecule has 6 nitrogen and oxygen atoms in total. The van der Waals surface area contributed by atoms with E-state index in [-0.39, 0.29) is 23.3 Å². The fraction of sp³-hybridized carbons (Fsp3) is 0.412. The molecule has 1 atom stereocenters. The maximum absolute atomic E-state index is 12.2. The van der Waals surface area contributed by atoms with E-state index in [0.29, 0.717) is 18.5 Å². The van der Waals surface area contributed by atoms with E-state index in [1.807, 2.05) is 36.7 Å². The van der Waals surface area contributed by atoms with E-state index in [1.54, 1.807) is 12.1 Å². The molecule has 1 aromatic carbocycles. The molecule has 0 saturated carbocycles. The Morgan fingerprint density at radius 2 is 2.00 bits per heavy atom. The second-order valence-corrected chi connectivity index (χ2v) is 8.59. The zero-order valence-corrected chi connectivity index (χ0v) is 14.6. The summed E-state index contributed by atoms with van der Waals surface area (Å²) >= 11 is 0. The van der Waals surface area contributed by atoms with Gasteiger partial charge in [-0.1, -0.05) is 0 Å². The summed E-state index contributed by atoms with van der Waals surface area (Å²) < 4.78 is 24.7. The smallest absolute Gasteiger partial charge is 0.251 e. The molecule has 1 amide bonds. The van der Waals surface area contributed by atoms with Gasteiger partial charge in [-0.2, -0.15) is 5.10 Å². The number of sulfone groups is 1. The molecule has 1 saturated heterocycles. The Balaban J connectivity index is 1.63. The minimum atomic E-state index is -2.91. The molecule has 7 heteroatoms. The van der Waals surface area contributed by atoms with E-state index < -0.39 is 9.84 Å². The minimum Gasteiger partial charge on any atom is -0.352 e. The van der Waals surface area contributed by atoms with Crippen molar-refractivity contribution in [2.45, 2.75) is 20.3 Å². The van der Waals surface area contributed by atoms with E-state index in [9.17, 15) is 13.2 Å². The van der Waals surface area contributed by atoms with Crippen molar-refractivity contribution in [1.29, 1.82) is 0 Å². The number of rotatable bonds is 4. The van der Waals surface area contributed by atoms with Crippen molar-refractivity contribution in [2.75, 3.05) is 18.1 Å². The topological polar surface area (TPSA) is 81.1 Å². The standard InChI is InChI=1S/C17H21N3O3S/c1-12-9-13(2)20(19-12)16-5-3-15(4-6-16)17(21)18-10-14-7-8-24(22,23)11-14/h3-6,9,14H,7-8,10-11H2,1-2H3,(H,18,21)/t14-/m0/s1. The Morgan fingerprint density at radius 1 is 1.29 bits per heavy atom. The molecule has 1 N–H and O–H groups in total. The summed E-state index contributed by atoms with van der Waals surface area (Å²) in [7, 11) is -2.91. The summed E-state index contributed by atoms with van der Waals surface area (Å²) in [4.78, 5) is 12.2. The SMILES string of the molecule is Cc1cc(C)n(-c2ccc(C(=O)NC[C@@H]3CCS(=O)(=O)C3)cc2)n1. The van der Waals surface area contributed by atoms with Gasteiger partial charge in [0, 0.05) is 17.8 Å². The molecule has 24 heavy (non-hydrogen) atoms. The number of amides is 1. The Morgan fingerprint density at radius 3 is 2.54 bits per heavy atom. The maximum atomic E-state index is 12.2. The zero-order chi connectivity index (χ0) is 17.3. The van der Waals surface area contributed by atoms with Gasteiger partial charge in [0.1, 0.15) is 0 Å². The number of carbonyl (C=O) groups is 1. The highest BCUT2D eigenvalue weighted by Crippen LogP contribution is 2.18. The van der Waals surface area contributed by atoms with Crippen LogP contribution in [0.5, 0.6) is 0 Å². The van der Waals surface area contributed by atoms with Crippen LogP contribution in [0.15, 0.2) is 30.3 Å². The zero-order valence-electron chi connectivity index (χ0n) is 13.8. The van der Waals surface area contributed by atoms with Crippen molar-refractivity contribution in [3.05, 3.63) is 47.3 Å². The molecule has 1 aromatic heterocycles. The van der Waals surface area contributed by atoms with Crippen LogP contribution in [0.25, 0.3) is 5.69 Å². The lowest BCUT2D eigenvalue weighted by Gasteiger charge is -2.10. The quantitative estimate of drug-likeness (QED) is 0.912. The van der Waals surface area contributed by atoms with Gasteiger partial charge in [0.05, 0.1) is 22.9 Å². The van der Waals surface area contributed by atoms with Crippen molar-refractivity contribution in [3.8, 4) is 5.69 Å². The molecule has 1 aliphatic heterocycles. The Labute approximate surface area is 141 Å². The number of aryl methyl sites for hydroxylation is 2. The first-order valence-electron chi connectivity index (χ1n) is 7.96. The van der Waals surface area contributed by atoms with Gasteiger partial charge in [-0.3, -0.25) is 4.79 Å². The number of nitrogens with zero attached hydrogens (tertiary/aromatic N) is 2. The molecule has 1 aliphatic rings. The molecule has 1 fully saturated rings. The van der Waals surface area contributed by atoms with Gasteiger partial charge >= 0.3 is 0 Å². The number of hydrogen-bond donors (Lipinski definition) is 1. The first-order chi connectivity index (χ1) is 11.3. The maximum Gasteiger partial charge on any atom is 0.251 e. The van der Waals surface area contributed by atoms with E-state index in [4.69, 9.17) is 0 Å². The van der Waals surface area contributed by atoms with E-state index in [1.165, 1.54) is 0 Å². The van der Waals surface area contributed by atoms with Crippen LogP contribution >= 0.6 is 0 Å². The van der Waals surface area contributed by atoms with Gasteiger partial charge in [-0.05, 0) is 56.5 Å². The first-order valence-corrected chi connectivity index (χ1v) is 9.78. The second-order valence-electron chi connectivity index (χ2n) is 6.36. The van der Waals surface area contributed by atoms with Gasteiger partial charge < -0.3 is 5.32 Å². The average Bonchev–Trinajstić information content (AvgIpc) is 3.06. The summed E-state index contributed by atoms with van der Waals surface area (Å²) in [6.45, 7) is 4.32. The van der Waals surface area contributed by atoms with Gasteiger partial charge in [0.15, 0.2) is 9.84 Å². The lowest BCUT2D eigenvalue weighted by Crippen LogP contribution is -2.29. The summed E-state index contributed by atoms with van der Waals surface area (Å²) in [6.07, 6.45) is 0.624. The highest BCUT2D eigenvalue weighted by molar-refractivity contribution is 7.91. The minimum absolute atomic E-state index is 0.0212. The number of benzene rings is 1. The third-order valence-corrected chi connectivity index (χ3v) is 6.10. The normalized spacial score (nSPS) is 19.3. The van der Waals surface area contributed by atoms with Crippen molar-refractivity contribution < 1.29 is 13.2 Å². The van der Waals surface area contributed by atoms with Crippen LogP contribution in [-0.4, -0.2) is 42.2 Å². The molecule has 0 bridgehead atoms. The Bertz CT molecular complexity index is 854. The number of nitrogens with one attached hydrogen (secondary N) is 1. The fourth-order valence-corrected chi connectivity index (χ4v) is 4.88. The van der Waals surface area contributed by atoms with Gasteiger partial charge in [0.2, 0.25) is 0 Å². The van der Waals surface area contributed by atoms with Crippen LogP contribution in [0.3, 0.4) is 0 Å². The summed E-state index contributed by atoms with van der Waals surface area (Å²) in [6, 6.07) is 9.22. The number of carbonyl (C=O) groups excluding carboxylic acids is 1. The van der Waals surface area contributed by atoms with Crippen LogP contribution in [0, 0.1) is 19.8 Å². The molecule has 2 aromatic rings. The number of aromatic nitrogens is 2. The van der Waals surface area contributed by atoms with Crippen LogP contribution in [-0.2, 0) is 9.84 Å². The van der Waals surface area contributed by atoms with Crippen LogP contribution in [0.1, 0.15) is 28.2 Å². The predicted molar refractivity (Wildman–Crippen MR) is 92.1 cm³/mol. The second kappa shape index (κ2) is 6.39. The molecule has 128 valence electrons. The molecule has 0 spiro atoms. The number of hydrogen-bond acceptors (Lipinski definition) is 4. The Kier molecular flexibility index (Phi) is 4.45. The van der Waals surface area contributed by atoms with Crippen LogP contribution < -0.4 is 5.32 Å². The van der Waals surface area contributed by atoms with Crippen LogP contribution in [0.4, 0.5) is 0 Å². The average molecular weight is 347 g/mol. The lowest BCUT2D eigenvalue weighted by molar-refractivity contribution is 0.0948. The molecule has 3 rings (SSSR count). The summed E-state index contributed by atoms with van der Waals surface area (Å²) in [5.41, 5.74) is 3.44. The van der Waals surface area contributed by atoms with E-state index in [0.717, 1.165) is 17.1 Å². The van der Waals surface area contributed by atoms with Gasteiger partial charge in [-0.25, -0.2) is 13.1 Å². The van der Waals surface area contributed by atoms with Gasteiger partial charge in [-0.15, -0.1) is 0 Å². The van der Waals surface area contributed by atoms with Crippen molar-refractivity contribution >= 4 is 15.7 Å². The molecule has 2 heterocycles. The predicted octanol–water partition coefficient (Wildman–Crippen LogP) is 1.65. The first kappa shape index (κ1) is 16.7. The molecular weight excluding hydrogens is 326 g/mol. The van der Waals surface area contributed by atoms with Crippen molar-refractivity contribution in [2.24, 2.45) is 5.92 Å². The summed E-state index contributed by atoms with van der Waals surface area (Å²) in [5, 5.41) is 7.24. The van der Waals surface area contributed by atoms with Crippen molar-refractivity contribution in [3.63, 3.8) is 0 Å². The van der Waals surface area contributed by atoms with E-state index in [2.05, 4.69) is 10.4 Å². The summed E-state index contributed by atoms with van der Waals surface area (Å²) in [5.74, 6) is 0.238. The third-order valence-electron chi connectivity index (χ3n) is 4.26. The lowest BCUT2D eigenvalue weighted by atomic mass is 10.1. The molecule has 0 aliphatic carbocycles. The van der Waals surface area contributed by atoms with Gasteiger partial charge in [0.25, 0.3) is 5.91 Å². The molecule has 0 radical (unpaired) electrons. The highest BCUT2D eigenvalue weighted by atomic mass is 32.2. The largest absolute Gasteiger partial charge is 0.352 e. The monoisotopic (exact) mass is 347 g/mol.